The van der Waals surface area contributed by atoms with Gasteiger partial charge in [-0.1, -0.05) is 87.7 Å². The van der Waals surface area contributed by atoms with Gasteiger partial charge in [0.1, 0.15) is 5.82 Å². The lowest BCUT2D eigenvalue weighted by molar-refractivity contribution is 0.202. The Morgan fingerprint density at radius 2 is 1.38 bits per heavy atom. The van der Waals surface area contributed by atoms with Crippen molar-refractivity contribution in [3.8, 4) is 22.3 Å². The Balaban J connectivity index is 1.29. The van der Waals surface area contributed by atoms with Gasteiger partial charge in [0.05, 0.1) is 0 Å². The van der Waals surface area contributed by atoms with Crippen molar-refractivity contribution in [1.29, 1.82) is 0 Å². The Morgan fingerprint density at radius 1 is 0.703 bits per heavy atom. The fourth-order valence-electron chi connectivity index (χ4n) is 6.36. The molecule has 0 saturated heterocycles. The van der Waals surface area contributed by atoms with Gasteiger partial charge < -0.3 is 0 Å². The zero-order valence-corrected chi connectivity index (χ0v) is 22.0. The molecule has 0 aromatic heterocycles. The molecule has 194 valence electrons. The van der Waals surface area contributed by atoms with Gasteiger partial charge in [-0.05, 0) is 90.2 Å². The second-order valence-electron chi connectivity index (χ2n) is 11.2. The summed E-state index contributed by atoms with van der Waals surface area (Å²) in [5.41, 5.74) is 4.73. The van der Waals surface area contributed by atoms with Crippen molar-refractivity contribution in [2.24, 2.45) is 17.8 Å². The number of allylic oxidation sites excluding steroid dienone is 2. The molecule has 3 aromatic carbocycles. The van der Waals surface area contributed by atoms with Crippen molar-refractivity contribution in [3.63, 3.8) is 0 Å². The molecule has 5 rings (SSSR count). The van der Waals surface area contributed by atoms with Crippen LogP contribution in [0.3, 0.4) is 0 Å². The number of aryl methyl sites for hydroxylation is 1. The van der Waals surface area contributed by atoms with E-state index in [0.29, 0.717) is 23.1 Å². The van der Waals surface area contributed by atoms with Gasteiger partial charge in [-0.2, -0.15) is 0 Å². The molecule has 0 bridgehead atoms. The number of hydrogen-bond acceptors (Lipinski definition) is 0. The van der Waals surface area contributed by atoms with Crippen molar-refractivity contribution in [1.82, 2.24) is 0 Å². The lowest BCUT2D eigenvalue weighted by Crippen LogP contribution is -2.22. The lowest BCUT2D eigenvalue weighted by atomic mass is 9.71. The standard InChI is InChI=1S/C34H37F3/c1-3-4-28-17-20-31(34(37)33(28)36)27-15-11-25(12-16-27)29-18-19-30(32(35)21-29)26-13-9-24(10-14-26)23-7-5-22(2)6-8-23/h11-13,15-24H,3-10,14H2,1-2H3. The van der Waals surface area contributed by atoms with Crippen LogP contribution in [0.5, 0.6) is 0 Å². The highest BCUT2D eigenvalue weighted by molar-refractivity contribution is 5.74. The van der Waals surface area contributed by atoms with Crippen LogP contribution in [-0.2, 0) is 6.42 Å². The first kappa shape index (κ1) is 25.8. The van der Waals surface area contributed by atoms with Crippen LogP contribution in [0.25, 0.3) is 27.8 Å². The summed E-state index contributed by atoms with van der Waals surface area (Å²) < 4.78 is 44.3. The first-order valence-electron chi connectivity index (χ1n) is 14.0. The average Bonchev–Trinajstić information content (AvgIpc) is 2.92. The molecule has 3 heteroatoms. The first-order valence-corrected chi connectivity index (χ1v) is 14.0. The second kappa shape index (κ2) is 11.3. The molecule has 0 radical (unpaired) electrons. The van der Waals surface area contributed by atoms with E-state index in [4.69, 9.17) is 0 Å². The maximum Gasteiger partial charge on any atom is 0.166 e. The van der Waals surface area contributed by atoms with Gasteiger partial charge in [0, 0.05) is 11.1 Å². The smallest absolute Gasteiger partial charge is 0.166 e. The normalized spacial score (nSPS) is 22.1. The van der Waals surface area contributed by atoms with Crippen LogP contribution in [0, 0.1) is 35.2 Å². The maximum atomic E-state index is 15.2. The van der Waals surface area contributed by atoms with Crippen LogP contribution >= 0.6 is 0 Å². The van der Waals surface area contributed by atoms with Crippen molar-refractivity contribution in [3.05, 3.63) is 89.3 Å². The predicted molar refractivity (Wildman–Crippen MR) is 148 cm³/mol. The Labute approximate surface area is 219 Å². The van der Waals surface area contributed by atoms with Gasteiger partial charge in [-0.3, -0.25) is 0 Å². The first-order chi connectivity index (χ1) is 17.9. The number of rotatable bonds is 6. The van der Waals surface area contributed by atoms with Crippen LogP contribution in [-0.4, -0.2) is 0 Å². The zero-order chi connectivity index (χ0) is 25.9. The van der Waals surface area contributed by atoms with Crippen LogP contribution in [0.4, 0.5) is 13.2 Å². The number of benzene rings is 3. The molecule has 1 unspecified atom stereocenters. The van der Waals surface area contributed by atoms with E-state index in [1.54, 1.807) is 30.3 Å². The van der Waals surface area contributed by atoms with Crippen LogP contribution in [0.15, 0.2) is 60.7 Å². The Kier molecular flexibility index (Phi) is 7.88. The zero-order valence-electron chi connectivity index (χ0n) is 22.0. The minimum absolute atomic E-state index is 0.197. The molecule has 0 heterocycles. The van der Waals surface area contributed by atoms with E-state index in [2.05, 4.69) is 13.0 Å². The fourth-order valence-corrected chi connectivity index (χ4v) is 6.36. The third-order valence-corrected chi connectivity index (χ3v) is 8.70. The largest absolute Gasteiger partial charge is 0.206 e. The van der Waals surface area contributed by atoms with E-state index >= 15 is 4.39 Å². The van der Waals surface area contributed by atoms with E-state index in [-0.39, 0.29) is 11.4 Å². The minimum atomic E-state index is -0.810. The maximum absolute atomic E-state index is 15.2. The molecule has 0 N–H and O–H groups in total. The van der Waals surface area contributed by atoms with Gasteiger partial charge in [-0.25, -0.2) is 13.2 Å². The van der Waals surface area contributed by atoms with E-state index in [1.807, 2.05) is 31.2 Å². The molecule has 0 spiro atoms. The molecular formula is C34H37F3. The average molecular weight is 503 g/mol. The Hall–Kier alpha value is -2.81. The molecule has 0 aliphatic heterocycles. The van der Waals surface area contributed by atoms with Crippen LogP contribution < -0.4 is 0 Å². The van der Waals surface area contributed by atoms with Crippen LogP contribution in [0.1, 0.15) is 76.3 Å². The number of halogens is 3. The van der Waals surface area contributed by atoms with Crippen molar-refractivity contribution < 1.29 is 13.2 Å². The van der Waals surface area contributed by atoms with Gasteiger partial charge >= 0.3 is 0 Å². The quantitative estimate of drug-likeness (QED) is 0.314. The Morgan fingerprint density at radius 3 is 2.03 bits per heavy atom. The molecule has 2 aliphatic carbocycles. The molecule has 1 saturated carbocycles. The van der Waals surface area contributed by atoms with Crippen molar-refractivity contribution in [2.75, 3.05) is 0 Å². The molecule has 0 nitrogen and oxygen atoms in total. The molecular weight excluding hydrogens is 465 g/mol. The Bertz CT molecular complexity index is 1260. The SMILES string of the molecule is CCCc1ccc(-c2ccc(-c3ccc(C4=CCC(C5CCC(C)CC5)CC4)c(F)c3)cc2)c(F)c1F. The molecule has 37 heavy (non-hydrogen) atoms. The van der Waals surface area contributed by atoms with Crippen molar-refractivity contribution >= 4 is 5.57 Å². The molecule has 0 amide bonds. The van der Waals surface area contributed by atoms with E-state index in [9.17, 15) is 8.78 Å². The summed E-state index contributed by atoms with van der Waals surface area (Å²) in [6, 6.07) is 16.0. The number of hydrogen-bond donors (Lipinski definition) is 0. The van der Waals surface area contributed by atoms with Gasteiger partial charge in [0.25, 0.3) is 0 Å². The highest BCUT2D eigenvalue weighted by Crippen LogP contribution is 2.41. The van der Waals surface area contributed by atoms with Crippen LogP contribution in [0.2, 0.25) is 0 Å². The van der Waals surface area contributed by atoms with Crippen molar-refractivity contribution in [2.45, 2.75) is 71.6 Å². The summed E-state index contributed by atoms with van der Waals surface area (Å²) in [7, 11) is 0. The summed E-state index contributed by atoms with van der Waals surface area (Å²) in [5, 5.41) is 0. The van der Waals surface area contributed by atoms with Gasteiger partial charge in [-0.15, -0.1) is 0 Å². The molecule has 2 aliphatic rings. The summed E-state index contributed by atoms with van der Waals surface area (Å²) in [4.78, 5) is 0. The summed E-state index contributed by atoms with van der Waals surface area (Å²) in [6.07, 6.45) is 12.1. The highest BCUT2D eigenvalue weighted by Gasteiger charge is 2.28. The third-order valence-electron chi connectivity index (χ3n) is 8.70. The monoisotopic (exact) mass is 502 g/mol. The second-order valence-corrected chi connectivity index (χ2v) is 11.2. The molecule has 1 atom stereocenters. The highest BCUT2D eigenvalue weighted by atomic mass is 19.2. The minimum Gasteiger partial charge on any atom is -0.206 e. The predicted octanol–water partition coefficient (Wildman–Crippen LogP) is 10.4. The van der Waals surface area contributed by atoms with E-state index < -0.39 is 11.6 Å². The van der Waals surface area contributed by atoms with E-state index in [1.165, 1.54) is 25.7 Å². The molecule has 3 aromatic rings. The topological polar surface area (TPSA) is 0 Å². The van der Waals surface area contributed by atoms with Gasteiger partial charge in [0.2, 0.25) is 0 Å². The van der Waals surface area contributed by atoms with E-state index in [0.717, 1.165) is 60.1 Å². The lowest BCUT2D eigenvalue weighted by Gasteiger charge is -2.34. The van der Waals surface area contributed by atoms with Gasteiger partial charge in [0.15, 0.2) is 11.6 Å². The molecule has 1 fully saturated rings. The summed E-state index contributed by atoms with van der Waals surface area (Å²) in [6.45, 7) is 4.31. The fraction of sp³-hybridized carbons (Fsp3) is 0.412. The summed E-state index contributed by atoms with van der Waals surface area (Å²) in [5.74, 6) is 0.683. The summed E-state index contributed by atoms with van der Waals surface area (Å²) >= 11 is 0. The third kappa shape index (κ3) is 5.56.